The maximum absolute atomic E-state index is 12.2. The number of benzene rings is 1. The van der Waals surface area contributed by atoms with Gasteiger partial charge >= 0.3 is 0 Å². The standard InChI is InChI=1S/C12H13N3O2/c1-14-6-8-9(7-14)13-15(12(8)17)10-4-2-3-5-11(10)16/h2-5,13,16H,6-7H2,1H3. The van der Waals surface area contributed by atoms with Gasteiger partial charge in [-0.25, -0.2) is 4.68 Å². The lowest BCUT2D eigenvalue weighted by Gasteiger charge is -2.07. The zero-order valence-corrected chi connectivity index (χ0v) is 9.47. The number of aromatic nitrogens is 2. The Balaban J connectivity index is 2.16. The van der Waals surface area contributed by atoms with E-state index in [1.807, 2.05) is 7.05 Å². The molecule has 17 heavy (non-hydrogen) atoms. The molecule has 5 nitrogen and oxygen atoms in total. The SMILES string of the molecule is CN1Cc2[nH]n(-c3ccccc3O)c(=O)c2C1. The summed E-state index contributed by atoms with van der Waals surface area (Å²) >= 11 is 0. The van der Waals surface area contributed by atoms with Crippen LogP contribution in [0.5, 0.6) is 5.75 Å². The van der Waals surface area contributed by atoms with E-state index in [-0.39, 0.29) is 11.3 Å². The van der Waals surface area contributed by atoms with Gasteiger partial charge in [-0.05, 0) is 19.2 Å². The molecule has 5 heteroatoms. The minimum Gasteiger partial charge on any atom is -0.506 e. The van der Waals surface area contributed by atoms with Gasteiger partial charge in [0, 0.05) is 13.1 Å². The zero-order chi connectivity index (χ0) is 12.0. The fourth-order valence-electron chi connectivity index (χ4n) is 2.23. The highest BCUT2D eigenvalue weighted by Crippen LogP contribution is 2.22. The minimum absolute atomic E-state index is 0.0779. The number of nitrogens with one attached hydrogen (secondary N) is 1. The van der Waals surface area contributed by atoms with E-state index in [0.717, 1.165) is 17.8 Å². The number of hydrogen-bond acceptors (Lipinski definition) is 3. The van der Waals surface area contributed by atoms with E-state index in [1.165, 1.54) is 4.68 Å². The lowest BCUT2D eigenvalue weighted by atomic mass is 10.3. The topological polar surface area (TPSA) is 61.3 Å². The molecule has 0 unspecified atom stereocenters. The smallest absolute Gasteiger partial charge is 0.276 e. The molecule has 0 amide bonds. The number of fused-ring (bicyclic) bond motifs is 1. The van der Waals surface area contributed by atoms with Gasteiger partial charge < -0.3 is 5.11 Å². The molecule has 1 aliphatic rings. The van der Waals surface area contributed by atoms with Crippen molar-refractivity contribution in [3.8, 4) is 11.4 Å². The molecule has 0 bridgehead atoms. The van der Waals surface area contributed by atoms with E-state index >= 15 is 0 Å². The third-order valence-electron chi connectivity index (χ3n) is 3.05. The molecule has 0 spiro atoms. The average molecular weight is 231 g/mol. The summed E-state index contributed by atoms with van der Waals surface area (Å²) in [5, 5.41) is 12.8. The molecule has 1 aromatic heterocycles. The van der Waals surface area contributed by atoms with Crippen molar-refractivity contribution in [2.75, 3.05) is 7.05 Å². The Labute approximate surface area is 97.9 Å². The second-order valence-corrected chi connectivity index (χ2v) is 4.37. The third-order valence-corrected chi connectivity index (χ3v) is 3.05. The first-order chi connectivity index (χ1) is 8.16. The maximum atomic E-state index is 12.2. The van der Waals surface area contributed by atoms with Crippen LogP contribution < -0.4 is 5.56 Å². The van der Waals surface area contributed by atoms with Crippen molar-refractivity contribution >= 4 is 0 Å². The third kappa shape index (κ3) is 1.47. The normalized spacial score (nSPS) is 15.1. The molecule has 1 aromatic carbocycles. The van der Waals surface area contributed by atoms with Gasteiger partial charge in [0.1, 0.15) is 11.4 Å². The number of phenolic OH excluding ortho intramolecular Hbond substituents is 1. The second kappa shape index (κ2) is 3.49. The van der Waals surface area contributed by atoms with E-state index in [1.54, 1.807) is 24.3 Å². The predicted octanol–water partition coefficient (Wildman–Crippen LogP) is 0.817. The van der Waals surface area contributed by atoms with Crippen LogP contribution in [-0.4, -0.2) is 26.8 Å². The Morgan fingerprint density at radius 3 is 2.76 bits per heavy atom. The lowest BCUT2D eigenvalue weighted by molar-refractivity contribution is 0.346. The highest BCUT2D eigenvalue weighted by Gasteiger charge is 2.23. The fraction of sp³-hybridized carbons (Fsp3) is 0.250. The largest absolute Gasteiger partial charge is 0.506 e. The minimum atomic E-state index is -0.0779. The van der Waals surface area contributed by atoms with Crippen molar-refractivity contribution in [3.05, 3.63) is 45.9 Å². The Bertz CT molecular complexity index is 627. The van der Waals surface area contributed by atoms with E-state index in [2.05, 4.69) is 10.00 Å². The molecule has 0 radical (unpaired) electrons. The predicted molar refractivity (Wildman–Crippen MR) is 63.2 cm³/mol. The molecule has 2 aromatic rings. The summed E-state index contributed by atoms with van der Waals surface area (Å²) in [5.41, 5.74) is 2.14. The number of nitrogens with zero attached hydrogens (tertiary/aromatic N) is 2. The van der Waals surface area contributed by atoms with Crippen LogP contribution in [0.1, 0.15) is 11.3 Å². The molecule has 1 aliphatic heterocycles. The molecule has 0 atom stereocenters. The molecule has 0 fully saturated rings. The van der Waals surface area contributed by atoms with Crippen LogP contribution in [0.25, 0.3) is 5.69 Å². The first kappa shape index (κ1) is 10.2. The van der Waals surface area contributed by atoms with E-state index in [4.69, 9.17) is 0 Å². The molecule has 2 heterocycles. The summed E-state index contributed by atoms with van der Waals surface area (Å²) in [7, 11) is 1.97. The summed E-state index contributed by atoms with van der Waals surface area (Å²) in [4.78, 5) is 14.2. The molecule has 2 N–H and O–H groups in total. The van der Waals surface area contributed by atoms with Gasteiger partial charge in [-0.2, -0.15) is 0 Å². The van der Waals surface area contributed by atoms with Crippen molar-refractivity contribution in [2.24, 2.45) is 0 Å². The number of para-hydroxylation sites is 2. The maximum Gasteiger partial charge on any atom is 0.276 e. The number of hydrogen-bond donors (Lipinski definition) is 2. The fourth-order valence-corrected chi connectivity index (χ4v) is 2.23. The number of rotatable bonds is 1. The molecule has 0 saturated carbocycles. The van der Waals surface area contributed by atoms with Crippen LogP contribution in [0.4, 0.5) is 0 Å². The van der Waals surface area contributed by atoms with Gasteiger partial charge in [-0.15, -0.1) is 0 Å². The molecule has 0 saturated heterocycles. The van der Waals surface area contributed by atoms with E-state index < -0.39 is 0 Å². The summed E-state index contributed by atoms with van der Waals surface area (Å²) in [5.74, 6) is 0.0999. The number of phenols is 1. The first-order valence-electron chi connectivity index (χ1n) is 5.46. The number of aromatic amines is 1. The van der Waals surface area contributed by atoms with Crippen molar-refractivity contribution in [3.63, 3.8) is 0 Å². The van der Waals surface area contributed by atoms with Crippen LogP contribution in [-0.2, 0) is 13.1 Å². The molecular formula is C12H13N3O2. The quantitative estimate of drug-likeness (QED) is 0.763. The summed E-state index contributed by atoms with van der Waals surface area (Å²) in [6, 6.07) is 6.81. The van der Waals surface area contributed by atoms with Crippen LogP contribution in [0.15, 0.2) is 29.1 Å². The number of aromatic hydroxyl groups is 1. The van der Waals surface area contributed by atoms with Crippen LogP contribution in [0.2, 0.25) is 0 Å². The van der Waals surface area contributed by atoms with Gasteiger partial charge in [0.05, 0.1) is 11.3 Å². The van der Waals surface area contributed by atoms with Gasteiger partial charge in [-0.3, -0.25) is 14.8 Å². The lowest BCUT2D eigenvalue weighted by Crippen LogP contribution is -2.20. The van der Waals surface area contributed by atoms with Crippen molar-refractivity contribution in [1.82, 2.24) is 14.7 Å². The summed E-state index contributed by atoms with van der Waals surface area (Å²) in [6.45, 7) is 1.40. The Morgan fingerprint density at radius 1 is 1.29 bits per heavy atom. The van der Waals surface area contributed by atoms with Crippen LogP contribution in [0, 0.1) is 0 Å². The van der Waals surface area contributed by atoms with Crippen molar-refractivity contribution in [1.29, 1.82) is 0 Å². The van der Waals surface area contributed by atoms with Gasteiger partial charge in [0.15, 0.2) is 0 Å². The number of H-pyrrole nitrogens is 1. The molecule has 88 valence electrons. The average Bonchev–Trinajstić information content (AvgIpc) is 2.79. The molecule has 3 rings (SSSR count). The Hall–Kier alpha value is -2.01. The summed E-state index contributed by atoms with van der Waals surface area (Å²) in [6.07, 6.45) is 0. The monoisotopic (exact) mass is 231 g/mol. The van der Waals surface area contributed by atoms with Crippen molar-refractivity contribution < 1.29 is 5.11 Å². The molecular weight excluding hydrogens is 218 g/mol. The van der Waals surface area contributed by atoms with E-state index in [0.29, 0.717) is 12.2 Å². The van der Waals surface area contributed by atoms with E-state index in [9.17, 15) is 9.90 Å². The van der Waals surface area contributed by atoms with Crippen LogP contribution >= 0.6 is 0 Å². The zero-order valence-electron chi connectivity index (χ0n) is 9.47. The van der Waals surface area contributed by atoms with Gasteiger partial charge in [-0.1, -0.05) is 12.1 Å². The van der Waals surface area contributed by atoms with Gasteiger partial charge in [0.25, 0.3) is 5.56 Å². The summed E-state index contributed by atoms with van der Waals surface area (Å²) < 4.78 is 1.41. The van der Waals surface area contributed by atoms with Gasteiger partial charge in [0.2, 0.25) is 0 Å². The first-order valence-corrected chi connectivity index (χ1v) is 5.46. The second-order valence-electron chi connectivity index (χ2n) is 4.37. The highest BCUT2D eigenvalue weighted by molar-refractivity contribution is 5.45. The highest BCUT2D eigenvalue weighted by atomic mass is 16.3. The molecule has 0 aliphatic carbocycles. The van der Waals surface area contributed by atoms with Crippen molar-refractivity contribution in [2.45, 2.75) is 13.1 Å². The van der Waals surface area contributed by atoms with Crippen LogP contribution in [0.3, 0.4) is 0 Å². The Kier molecular flexibility index (Phi) is 2.09. The Morgan fingerprint density at radius 2 is 2.06 bits per heavy atom.